The molecule has 102 valence electrons. The summed E-state index contributed by atoms with van der Waals surface area (Å²) in [4.78, 5) is 12.1. The van der Waals surface area contributed by atoms with Crippen LogP contribution in [0.2, 0.25) is 0 Å². The van der Waals surface area contributed by atoms with Crippen LogP contribution in [0.5, 0.6) is 11.5 Å². The van der Waals surface area contributed by atoms with Gasteiger partial charge in [0.25, 0.3) is 5.91 Å². The molecule has 0 atom stereocenters. The summed E-state index contributed by atoms with van der Waals surface area (Å²) in [6, 6.07) is 5.17. The van der Waals surface area contributed by atoms with E-state index in [-0.39, 0.29) is 12.5 Å². The van der Waals surface area contributed by atoms with Crippen molar-refractivity contribution in [2.24, 2.45) is 0 Å². The summed E-state index contributed by atoms with van der Waals surface area (Å²) in [5.74, 6) is 1.11. The lowest BCUT2D eigenvalue weighted by molar-refractivity contribution is 0.0906. The van der Waals surface area contributed by atoms with Gasteiger partial charge in [0.05, 0.1) is 25.4 Å². The fourth-order valence-corrected chi connectivity index (χ4v) is 2.09. The Hall–Kier alpha value is -1.75. The molecule has 0 radical (unpaired) electrons. The van der Waals surface area contributed by atoms with Gasteiger partial charge in [0.15, 0.2) is 11.5 Å². The number of hydrogen-bond acceptors (Lipinski definition) is 4. The first-order chi connectivity index (χ1) is 9.22. The molecule has 3 rings (SSSR count). The number of rotatable bonds is 3. The predicted molar refractivity (Wildman–Crippen MR) is 68.6 cm³/mol. The molecule has 0 aromatic heterocycles. The minimum Gasteiger partial charge on any atom is -0.490 e. The van der Waals surface area contributed by atoms with Crippen LogP contribution >= 0.6 is 0 Å². The maximum Gasteiger partial charge on any atom is 0.251 e. The third kappa shape index (κ3) is 2.51. The normalized spacial score (nSPS) is 19.4. The van der Waals surface area contributed by atoms with Gasteiger partial charge >= 0.3 is 0 Å². The fraction of sp³-hybridized carbons (Fsp3) is 0.500. The summed E-state index contributed by atoms with van der Waals surface area (Å²) in [6.07, 6.45) is 2.50. The molecule has 19 heavy (non-hydrogen) atoms. The van der Waals surface area contributed by atoms with Gasteiger partial charge in [0.2, 0.25) is 0 Å². The summed E-state index contributed by atoms with van der Waals surface area (Å²) in [6.45, 7) is 1.22. The first-order valence-electron chi connectivity index (χ1n) is 6.55. The highest BCUT2D eigenvalue weighted by Crippen LogP contribution is 2.35. The van der Waals surface area contributed by atoms with Crippen molar-refractivity contribution in [1.82, 2.24) is 5.32 Å². The molecular weight excluding hydrogens is 246 g/mol. The van der Waals surface area contributed by atoms with Crippen LogP contribution in [0.4, 0.5) is 0 Å². The number of carbonyl (C=O) groups excluding carboxylic acids is 1. The van der Waals surface area contributed by atoms with Crippen molar-refractivity contribution in [2.75, 3.05) is 19.8 Å². The van der Waals surface area contributed by atoms with Gasteiger partial charge in [-0.2, -0.15) is 0 Å². The Labute approximate surface area is 111 Å². The number of aliphatic hydroxyl groups is 1. The van der Waals surface area contributed by atoms with E-state index in [2.05, 4.69) is 5.32 Å². The van der Waals surface area contributed by atoms with E-state index in [1.54, 1.807) is 18.2 Å². The predicted octanol–water partition coefficient (Wildman–Crippen LogP) is 1.10. The van der Waals surface area contributed by atoms with Gasteiger partial charge in [-0.05, 0) is 31.0 Å². The summed E-state index contributed by atoms with van der Waals surface area (Å²) < 4.78 is 11.1. The second kappa shape index (κ2) is 4.74. The third-order valence-electron chi connectivity index (χ3n) is 3.54. The van der Waals surface area contributed by atoms with E-state index >= 15 is 0 Å². The van der Waals surface area contributed by atoms with Gasteiger partial charge < -0.3 is 19.9 Å². The van der Waals surface area contributed by atoms with Crippen molar-refractivity contribution in [1.29, 1.82) is 0 Å². The monoisotopic (exact) mass is 263 g/mol. The number of amides is 1. The zero-order valence-electron chi connectivity index (χ0n) is 10.6. The molecule has 1 fully saturated rings. The zero-order chi connectivity index (χ0) is 13.3. The molecule has 0 spiro atoms. The molecule has 1 amide bonds. The molecule has 1 aliphatic heterocycles. The molecule has 1 aromatic rings. The van der Waals surface area contributed by atoms with Gasteiger partial charge in [-0.15, -0.1) is 0 Å². The van der Waals surface area contributed by atoms with E-state index in [4.69, 9.17) is 9.47 Å². The molecule has 5 nitrogen and oxygen atoms in total. The Kier molecular flexibility index (Phi) is 3.06. The van der Waals surface area contributed by atoms with E-state index in [1.807, 2.05) is 0 Å². The molecule has 1 aliphatic carbocycles. The van der Waals surface area contributed by atoms with Crippen molar-refractivity contribution in [3.63, 3.8) is 0 Å². The van der Waals surface area contributed by atoms with Crippen LogP contribution in [0, 0.1) is 0 Å². The number of carbonyl (C=O) groups is 1. The van der Waals surface area contributed by atoms with E-state index in [0.29, 0.717) is 30.3 Å². The average molecular weight is 263 g/mol. The maximum absolute atomic E-state index is 12.1. The maximum atomic E-state index is 12.1. The number of fused-ring (bicyclic) bond motifs is 1. The highest BCUT2D eigenvalue weighted by molar-refractivity contribution is 5.95. The lowest BCUT2D eigenvalue weighted by Gasteiger charge is -2.15. The Balaban J connectivity index is 1.77. The van der Waals surface area contributed by atoms with Crippen LogP contribution in [0.3, 0.4) is 0 Å². The Morgan fingerprint density at radius 2 is 2.00 bits per heavy atom. The van der Waals surface area contributed by atoms with Gasteiger partial charge in [-0.1, -0.05) is 0 Å². The molecule has 2 N–H and O–H groups in total. The van der Waals surface area contributed by atoms with Crippen molar-refractivity contribution < 1.29 is 19.4 Å². The molecular formula is C14H17NO4. The molecule has 0 unspecified atom stereocenters. The van der Waals surface area contributed by atoms with E-state index in [9.17, 15) is 9.90 Å². The van der Waals surface area contributed by atoms with E-state index < -0.39 is 5.54 Å². The zero-order valence-corrected chi connectivity index (χ0v) is 10.6. The smallest absolute Gasteiger partial charge is 0.251 e. The number of aliphatic hydroxyl groups excluding tert-OH is 1. The van der Waals surface area contributed by atoms with Crippen LogP contribution < -0.4 is 14.8 Å². The van der Waals surface area contributed by atoms with Crippen LogP contribution in [0.1, 0.15) is 29.6 Å². The second-order valence-corrected chi connectivity index (χ2v) is 5.10. The largest absolute Gasteiger partial charge is 0.490 e. The highest BCUT2D eigenvalue weighted by Gasteiger charge is 2.43. The summed E-state index contributed by atoms with van der Waals surface area (Å²) in [5, 5.41) is 12.1. The fourth-order valence-electron chi connectivity index (χ4n) is 2.09. The Morgan fingerprint density at radius 3 is 2.68 bits per heavy atom. The minimum absolute atomic E-state index is 0.0106. The summed E-state index contributed by atoms with van der Waals surface area (Å²) in [5.41, 5.74) is 0.130. The average Bonchev–Trinajstić information content (AvgIpc) is 3.21. The third-order valence-corrected chi connectivity index (χ3v) is 3.54. The van der Waals surface area contributed by atoms with E-state index in [0.717, 1.165) is 19.3 Å². The number of nitrogens with one attached hydrogen (secondary N) is 1. The van der Waals surface area contributed by atoms with Crippen LogP contribution in [0.25, 0.3) is 0 Å². The van der Waals surface area contributed by atoms with Crippen LogP contribution in [-0.2, 0) is 0 Å². The summed E-state index contributed by atoms with van der Waals surface area (Å²) in [7, 11) is 0. The summed E-state index contributed by atoms with van der Waals surface area (Å²) >= 11 is 0. The molecule has 0 bridgehead atoms. The lowest BCUT2D eigenvalue weighted by Crippen LogP contribution is -2.39. The second-order valence-electron chi connectivity index (χ2n) is 5.10. The number of benzene rings is 1. The van der Waals surface area contributed by atoms with Gasteiger partial charge in [-0.25, -0.2) is 0 Å². The highest BCUT2D eigenvalue weighted by atomic mass is 16.5. The minimum atomic E-state index is -0.402. The van der Waals surface area contributed by atoms with Gasteiger partial charge in [-0.3, -0.25) is 4.79 Å². The molecule has 1 heterocycles. The first-order valence-corrected chi connectivity index (χ1v) is 6.55. The SMILES string of the molecule is O=C(NC1(CO)CC1)c1ccc2c(c1)OCCCO2. The molecule has 1 aromatic carbocycles. The van der Waals surface area contributed by atoms with Gasteiger partial charge in [0, 0.05) is 12.0 Å². The van der Waals surface area contributed by atoms with E-state index in [1.165, 1.54) is 0 Å². The quantitative estimate of drug-likeness (QED) is 0.857. The Bertz CT molecular complexity index is 496. The Morgan fingerprint density at radius 1 is 1.26 bits per heavy atom. The number of hydrogen-bond donors (Lipinski definition) is 2. The molecule has 5 heteroatoms. The topological polar surface area (TPSA) is 67.8 Å². The van der Waals surface area contributed by atoms with Gasteiger partial charge in [0.1, 0.15) is 0 Å². The standard InChI is InChI=1S/C14H17NO4/c16-9-14(4-5-14)15-13(17)10-2-3-11-12(8-10)19-7-1-6-18-11/h2-3,8,16H,1,4-7,9H2,(H,15,17). The molecule has 2 aliphatic rings. The van der Waals surface area contributed by atoms with Crippen LogP contribution in [-0.4, -0.2) is 36.4 Å². The molecule has 1 saturated carbocycles. The first kappa shape index (κ1) is 12.3. The van der Waals surface area contributed by atoms with Crippen molar-refractivity contribution in [3.8, 4) is 11.5 Å². The lowest BCUT2D eigenvalue weighted by atomic mass is 10.1. The van der Waals surface area contributed by atoms with Crippen molar-refractivity contribution in [3.05, 3.63) is 23.8 Å². The van der Waals surface area contributed by atoms with Crippen molar-refractivity contribution >= 4 is 5.91 Å². The van der Waals surface area contributed by atoms with Crippen LogP contribution in [0.15, 0.2) is 18.2 Å². The number of ether oxygens (including phenoxy) is 2. The molecule has 0 saturated heterocycles. The van der Waals surface area contributed by atoms with Crippen molar-refractivity contribution in [2.45, 2.75) is 24.8 Å².